The third kappa shape index (κ3) is 5.74. The van der Waals surface area contributed by atoms with E-state index < -0.39 is 0 Å². The molecule has 1 nitrogen and oxygen atoms in total. The van der Waals surface area contributed by atoms with Gasteiger partial charge in [-0.3, -0.25) is 0 Å². The minimum atomic E-state index is -0.0297. The maximum absolute atomic E-state index is 5.07. The van der Waals surface area contributed by atoms with Gasteiger partial charge in [-0.15, -0.1) is 6.42 Å². The molecule has 0 spiro atoms. The molecule has 0 saturated heterocycles. The largest absolute Gasteiger partial charge is 0.462 e. The van der Waals surface area contributed by atoms with Gasteiger partial charge < -0.3 is 4.74 Å². The van der Waals surface area contributed by atoms with Gasteiger partial charge in [0.2, 0.25) is 0 Å². The molecule has 0 aromatic rings. The number of terminal acetylenes is 1. The van der Waals surface area contributed by atoms with Crippen LogP contribution in [0.3, 0.4) is 0 Å². The predicted octanol–water partition coefficient (Wildman–Crippen LogP) is 1.16. The van der Waals surface area contributed by atoms with E-state index >= 15 is 0 Å². The molecule has 0 aromatic carbocycles. The summed E-state index contributed by atoms with van der Waals surface area (Å²) in [6.07, 6.45) is 4.78. The molecule has 0 bridgehead atoms. The van der Waals surface area contributed by atoms with Crippen molar-refractivity contribution in [3.8, 4) is 12.3 Å². The average Bonchev–Trinajstić information content (AvgIpc) is 1.61. The van der Waals surface area contributed by atoms with E-state index in [9.17, 15) is 0 Å². The third-order valence-corrected chi connectivity index (χ3v) is 0.496. The lowest BCUT2D eigenvalue weighted by Gasteiger charge is -1.90. The van der Waals surface area contributed by atoms with Crippen LogP contribution >= 0.6 is 23.8 Å². The maximum Gasteiger partial charge on any atom is 0.256 e. The third-order valence-electron chi connectivity index (χ3n) is 0.269. The van der Waals surface area contributed by atoms with Crippen LogP contribution in [-0.4, -0.2) is 11.1 Å². The molecule has 0 heterocycles. The Labute approximate surface area is 52.6 Å². The second-order valence-corrected chi connectivity index (χ2v) is 1.67. The summed E-state index contributed by atoms with van der Waals surface area (Å²) in [6.45, 7) is 0.155. The van der Waals surface area contributed by atoms with Crippen LogP contribution in [0.2, 0.25) is 0 Å². The predicted molar refractivity (Wildman–Crippen MR) is 33.2 cm³/mol. The first-order valence-corrected chi connectivity index (χ1v) is 2.31. The molecular weight excluding hydrogens is 132 g/mol. The first kappa shape index (κ1) is 6.74. The molecule has 0 radical (unpaired) electrons. The van der Waals surface area contributed by atoms with Crippen molar-refractivity contribution in [2.24, 2.45) is 0 Å². The molecule has 0 aromatic heterocycles. The molecule has 0 N–H and O–H groups in total. The zero-order chi connectivity index (χ0) is 5.70. The number of hydrogen-bond acceptors (Lipinski definition) is 2. The van der Waals surface area contributed by atoms with Crippen molar-refractivity contribution in [1.29, 1.82) is 0 Å². The van der Waals surface area contributed by atoms with Crippen LogP contribution < -0.4 is 0 Å². The number of ether oxygens (including phenoxy) is 1. The van der Waals surface area contributed by atoms with E-state index in [1.54, 1.807) is 0 Å². The van der Waals surface area contributed by atoms with Crippen molar-refractivity contribution in [3.05, 3.63) is 0 Å². The number of thiocarbonyl (C=S) groups is 1. The molecule has 0 rings (SSSR count). The Morgan fingerprint density at radius 2 is 2.57 bits per heavy atom. The van der Waals surface area contributed by atoms with E-state index in [1.807, 2.05) is 0 Å². The van der Waals surface area contributed by atoms with Crippen LogP contribution in [0.5, 0.6) is 0 Å². The molecule has 0 unspecified atom stereocenters. The summed E-state index contributed by atoms with van der Waals surface area (Å²) in [5, 5.41) is 0. The highest BCUT2D eigenvalue weighted by molar-refractivity contribution is 7.82. The Hall–Kier alpha value is -0.260. The van der Waals surface area contributed by atoms with Gasteiger partial charge in [-0.05, 0) is 23.8 Å². The maximum atomic E-state index is 5.07. The summed E-state index contributed by atoms with van der Waals surface area (Å²) in [5.74, 6) is 2.20. The Morgan fingerprint density at radius 3 is 2.71 bits per heavy atom. The second-order valence-electron chi connectivity index (χ2n) is 0.730. The van der Waals surface area contributed by atoms with Crippen molar-refractivity contribution < 1.29 is 4.74 Å². The Balaban J connectivity index is 3.02. The van der Waals surface area contributed by atoms with Gasteiger partial charge in [0.15, 0.2) is 6.61 Å². The van der Waals surface area contributed by atoms with Crippen LogP contribution in [0.4, 0.5) is 0 Å². The summed E-state index contributed by atoms with van der Waals surface area (Å²) < 4.78 is 4.42. The molecule has 0 fully saturated rings. The highest BCUT2D eigenvalue weighted by atomic mass is 35.5. The van der Waals surface area contributed by atoms with Gasteiger partial charge in [0.05, 0.1) is 0 Å². The molecule has 3 heteroatoms. The molecular formula is C4H3ClOS. The molecule has 0 atom stereocenters. The molecule has 38 valence electrons. The lowest BCUT2D eigenvalue weighted by atomic mass is 10.8. The zero-order valence-corrected chi connectivity index (χ0v) is 5.05. The molecule has 0 aliphatic rings. The van der Waals surface area contributed by atoms with Crippen LogP contribution in [0.1, 0.15) is 0 Å². The van der Waals surface area contributed by atoms with Crippen molar-refractivity contribution in [2.45, 2.75) is 0 Å². The number of halogens is 1. The first-order valence-electron chi connectivity index (χ1n) is 1.53. The minimum absolute atomic E-state index is 0.0297. The topological polar surface area (TPSA) is 9.23 Å². The number of rotatable bonds is 1. The van der Waals surface area contributed by atoms with Crippen LogP contribution in [0, 0.1) is 12.3 Å². The summed E-state index contributed by atoms with van der Waals surface area (Å²) in [6, 6.07) is 0. The van der Waals surface area contributed by atoms with Gasteiger partial charge in [0.25, 0.3) is 4.51 Å². The van der Waals surface area contributed by atoms with Gasteiger partial charge in [-0.1, -0.05) is 5.92 Å². The lowest BCUT2D eigenvalue weighted by Crippen LogP contribution is -1.91. The van der Waals surface area contributed by atoms with Crippen LogP contribution in [-0.2, 0) is 4.74 Å². The van der Waals surface area contributed by atoms with Crippen LogP contribution in [0.15, 0.2) is 0 Å². The molecule has 0 amide bonds. The van der Waals surface area contributed by atoms with E-state index in [0.717, 1.165) is 0 Å². The van der Waals surface area contributed by atoms with Gasteiger partial charge >= 0.3 is 0 Å². The monoisotopic (exact) mass is 134 g/mol. The van der Waals surface area contributed by atoms with Gasteiger partial charge in [-0.2, -0.15) is 0 Å². The smallest absolute Gasteiger partial charge is 0.256 e. The molecule has 0 aliphatic heterocycles. The molecule has 7 heavy (non-hydrogen) atoms. The Kier molecular flexibility index (Phi) is 3.77. The van der Waals surface area contributed by atoms with E-state index in [1.165, 1.54) is 0 Å². The minimum Gasteiger partial charge on any atom is -0.462 e. The second kappa shape index (κ2) is 3.91. The fourth-order valence-corrected chi connectivity index (χ4v) is 0.212. The molecule has 0 aliphatic carbocycles. The summed E-state index contributed by atoms with van der Waals surface area (Å²) in [7, 11) is 0. The van der Waals surface area contributed by atoms with E-state index in [2.05, 4.69) is 22.9 Å². The highest BCUT2D eigenvalue weighted by Crippen LogP contribution is 1.84. The lowest BCUT2D eigenvalue weighted by molar-refractivity contribution is 0.377. The normalized spacial score (nSPS) is 6.86. The van der Waals surface area contributed by atoms with Crippen molar-refractivity contribution in [1.82, 2.24) is 0 Å². The summed E-state index contributed by atoms with van der Waals surface area (Å²) in [5.41, 5.74) is 0. The number of hydrogen-bond donors (Lipinski definition) is 0. The fraction of sp³-hybridized carbons (Fsp3) is 0.250. The summed E-state index contributed by atoms with van der Waals surface area (Å²) in [4.78, 5) is 0. The van der Waals surface area contributed by atoms with Gasteiger partial charge in [0, 0.05) is 0 Å². The van der Waals surface area contributed by atoms with Crippen molar-refractivity contribution in [3.63, 3.8) is 0 Å². The fourth-order valence-electron chi connectivity index (χ4n) is 0.0984. The zero-order valence-electron chi connectivity index (χ0n) is 3.48. The van der Waals surface area contributed by atoms with E-state index in [0.29, 0.717) is 0 Å². The Bertz CT molecular complexity index is 105. The van der Waals surface area contributed by atoms with Crippen molar-refractivity contribution in [2.75, 3.05) is 6.61 Å². The summed E-state index contributed by atoms with van der Waals surface area (Å²) >= 11 is 9.38. The first-order chi connectivity index (χ1) is 3.27. The van der Waals surface area contributed by atoms with E-state index in [-0.39, 0.29) is 11.1 Å². The standard InChI is InChI=1S/C4H3ClOS/c1-2-3-6-4(5)7/h1H,3H2. The SMILES string of the molecule is C#CCOC(=S)Cl. The van der Waals surface area contributed by atoms with Gasteiger partial charge in [0.1, 0.15) is 0 Å². The van der Waals surface area contributed by atoms with Gasteiger partial charge in [-0.25, -0.2) is 0 Å². The van der Waals surface area contributed by atoms with Crippen LogP contribution in [0.25, 0.3) is 0 Å². The molecule has 0 saturated carbocycles. The highest BCUT2D eigenvalue weighted by Gasteiger charge is 1.82. The van der Waals surface area contributed by atoms with Crippen molar-refractivity contribution >= 4 is 28.3 Å². The van der Waals surface area contributed by atoms with E-state index in [4.69, 9.17) is 18.0 Å². The average molecular weight is 135 g/mol. The quantitative estimate of drug-likeness (QED) is 0.302. The Morgan fingerprint density at radius 1 is 2.00 bits per heavy atom.